The minimum atomic E-state index is -0.654. The van der Waals surface area contributed by atoms with E-state index in [1.807, 2.05) is 35.8 Å². The number of nitrogens with one attached hydrogen (secondary N) is 1. The van der Waals surface area contributed by atoms with E-state index in [1.54, 1.807) is 6.92 Å². The van der Waals surface area contributed by atoms with E-state index in [2.05, 4.69) is 15.4 Å². The zero-order valence-electron chi connectivity index (χ0n) is 13.3. The number of anilines is 1. The van der Waals surface area contributed by atoms with Crippen molar-refractivity contribution in [3.8, 4) is 0 Å². The van der Waals surface area contributed by atoms with Gasteiger partial charge >= 0.3 is 5.69 Å². The van der Waals surface area contributed by atoms with Gasteiger partial charge in [-0.05, 0) is 26.0 Å². The minimum Gasteiger partial charge on any atom is -0.310 e. The summed E-state index contributed by atoms with van der Waals surface area (Å²) in [5.41, 5.74) is 1.07. The van der Waals surface area contributed by atoms with Gasteiger partial charge in [0.1, 0.15) is 6.20 Å². The second kappa shape index (κ2) is 6.11. The molecule has 9 nitrogen and oxygen atoms in total. The summed E-state index contributed by atoms with van der Waals surface area (Å²) in [6.07, 6.45) is 1.25. The molecule has 1 N–H and O–H groups in total. The molecule has 0 atom stereocenters. The summed E-state index contributed by atoms with van der Waals surface area (Å²) in [5.74, 6) is -0.317. The summed E-state index contributed by atoms with van der Waals surface area (Å²) in [5, 5.41) is 17.7. The van der Waals surface area contributed by atoms with E-state index in [1.165, 1.54) is 10.9 Å². The SMILES string of the molecule is CCn1cc([N+](=O)[O-])c(C(=O)Nc2nc3ccccc3n2CC)n1. The van der Waals surface area contributed by atoms with Crippen LogP contribution in [0.1, 0.15) is 24.3 Å². The van der Waals surface area contributed by atoms with Gasteiger partial charge in [0, 0.05) is 13.1 Å². The van der Waals surface area contributed by atoms with E-state index in [0.717, 1.165) is 11.0 Å². The number of rotatable bonds is 5. The van der Waals surface area contributed by atoms with Crippen LogP contribution in [0.25, 0.3) is 11.0 Å². The Morgan fingerprint density at radius 2 is 2.04 bits per heavy atom. The molecular weight excluding hydrogens is 312 g/mol. The Morgan fingerprint density at radius 1 is 1.29 bits per heavy atom. The van der Waals surface area contributed by atoms with Crippen molar-refractivity contribution < 1.29 is 9.72 Å². The topological polar surface area (TPSA) is 108 Å². The molecular formula is C15H16N6O3. The van der Waals surface area contributed by atoms with Crippen LogP contribution in [0.4, 0.5) is 11.6 Å². The lowest BCUT2D eigenvalue weighted by atomic mass is 10.3. The highest BCUT2D eigenvalue weighted by atomic mass is 16.6. The number of imidazole rings is 1. The van der Waals surface area contributed by atoms with Crippen molar-refractivity contribution in [2.75, 3.05) is 5.32 Å². The average Bonchev–Trinajstić information content (AvgIpc) is 3.15. The van der Waals surface area contributed by atoms with Crippen molar-refractivity contribution in [3.63, 3.8) is 0 Å². The van der Waals surface area contributed by atoms with E-state index in [4.69, 9.17) is 0 Å². The van der Waals surface area contributed by atoms with Crippen molar-refractivity contribution in [1.29, 1.82) is 0 Å². The molecule has 0 aliphatic rings. The van der Waals surface area contributed by atoms with Crippen LogP contribution in [-0.4, -0.2) is 30.2 Å². The molecule has 0 radical (unpaired) electrons. The summed E-state index contributed by atoms with van der Waals surface area (Å²) < 4.78 is 3.19. The number of hydrogen-bond acceptors (Lipinski definition) is 5. The quantitative estimate of drug-likeness (QED) is 0.571. The van der Waals surface area contributed by atoms with Crippen LogP contribution in [-0.2, 0) is 13.1 Å². The minimum absolute atomic E-state index is 0.225. The van der Waals surface area contributed by atoms with Crippen molar-refractivity contribution >= 4 is 28.6 Å². The second-order valence-electron chi connectivity index (χ2n) is 5.10. The molecule has 0 unspecified atom stereocenters. The normalized spacial score (nSPS) is 10.9. The molecule has 3 rings (SSSR count). The number of aryl methyl sites for hydroxylation is 2. The van der Waals surface area contributed by atoms with Gasteiger partial charge in [-0.3, -0.25) is 24.9 Å². The third-order valence-electron chi connectivity index (χ3n) is 3.67. The molecule has 1 aromatic carbocycles. The molecule has 0 aliphatic heterocycles. The largest absolute Gasteiger partial charge is 0.320 e. The van der Waals surface area contributed by atoms with Crippen LogP contribution >= 0.6 is 0 Å². The summed E-state index contributed by atoms with van der Waals surface area (Å²) in [4.78, 5) is 27.4. The fourth-order valence-corrected chi connectivity index (χ4v) is 2.52. The number of para-hydroxylation sites is 2. The molecule has 0 aliphatic carbocycles. The lowest BCUT2D eigenvalue weighted by Crippen LogP contribution is -2.17. The number of fused-ring (bicyclic) bond motifs is 1. The van der Waals surface area contributed by atoms with Gasteiger partial charge in [0.15, 0.2) is 0 Å². The molecule has 1 amide bonds. The number of carbonyl (C=O) groups excluding carboxylic acids is 1. The van der Waals surface area contributed by atoms with Gasteiger partial charge in [0.25, 0.3) is 5.91 Å². The number of nitrogens with zero attached hydrogens (tertiary/aromatic N) is 5. The number of nitro groups is 1. The predicted molar refractivity (Wildman–Crippen MR) is 87.9 cm³/mol. The van der Waals surface area contributed by atoms with E-state index in [-0.39, 0.29) is 11.4 Å². The molecule has 2 aromatic heterocycles. The van der Waals surface area contributed by atoms with Gasteiger partial charge in [-0.2, -0.15) is 5.10 Å². The standard InChI is InChI=1S/C15H16N6O3/c1-3-19-9-12(21(23)24)13(18-19)14(22)17-15-16-10-7-5-6-8-11(10)20(15)4-2/h5-9H,3-4H2,1-2H3,(H,16,17,22). The van der Waals surface area contributed by atoms with Gasteiger partial charge in [0.2, 0.25) is 11.6 Å². The first-order valence-electron chi connectivity index (χ1n) is 7.53. The van der Waals surface area contributed by atoms with Gasteiger partial charge in [-0.25, -0.2) is 4.98 Å². The summed E-state index contributed by atoms with van der Waals surface area (Å²) in [6.45, 7) is 4.75. The smallest absolute Gasteiger partial charge is 0.310 e. The highest BCUT2D eigenvalue weighted by Gasteiger charge is 2.26. The first kappa shape index (κ1) is 15.7. The molecule has 0 bridgehead atoms. The third kappa shape index (κ3) is 2.60. The number of amides is 1. The zero-order chi connectivity index (χ0) is 17.3. The fraction of sp³-hybridized carbons (Fsp3) is 0.267. The third-order valence-corrected chi connectivity index (χ3v) is 3.67. The van der Waals surface area contributed by atoms with Gasteiger partial charge in [-0.15, -0.1) is 0 Å². The lowest BCUT2D eigenvalue weighted by Gasteiger charge is -2.06. The summed E-state index contributed by atoms with van der Waals surface area (Å²) in [6, 6.07) is 7.48. The van der Waals surface area contributed by atoms with Crippen molar-refractivity contribution in [3.05, 3.63) is 46.3 Å². The molecule has 124 valence electrons. The van der Waals surface area contributed by atoms with Gasteiger partial charge < -0.3 is 4.57 Å². The molecule has 24 heavy (non-hydrogen) atoms. The zero-order valence-corrected chi connectivity index (χ0v) is 13.3. The van der Waals surface area contributed by atoms with Crippen molar-refractivity contribution in [1.82, 2.24) is 19.3 Å². The van der Waals surface area contributed by atoms with Gasteiger partial charge in [-0.1, -0.05) is 12.1 Å². The predicted octanol–water partition coefficient (Wildman–Crippen LogP) is 2.43. The van der Waals surface area contributed by atoms with Crippen LogP contribution in [0.2, 0.25) is 0 Å². The van der Waals surface area contributed by atoms with Crippen LogP contribution in [0, 0.1) is 10.1 Å². The molecule has 0 spiro atoms. The summed E-state index contributed by atoms with van der Waals surface area (Å²) >= 11 is 0. The summed E-state index contributed by atoms with van der Waals surface area (Å²) in [7, 11) is 0. The second-order valence-corrected chi connectivity index (χ2v) is 5.10. The first-order valence-corrected chi connectivity index (χ1v) is 7.53. The van der Waals surface area contributed by atoms with E-state index < -0.39 is 10.8 Å². The Hall–Kier alpha value is -3.23. The van der Waals surface area contributed by atoms with Gasteiger partial charge in [0.05, 0.1) is 16.0 Å². The van der Waals surface area contributed by atoms with E-state index in [0.29, 0.717) is 19.0 Å². The van der Waals surface area contributed by atoms with Crippen molar-refractivity contribution in [2.45, 2.75) is 26.9 Å². The fourth-order valence-electron chi connectivity index (χ4n) is 2.52. The Labute approximate surface area is 137 Å². The Kier molecular flexibility index (Phi) is 3.98. The number of carbonyl (C=O) groups is 1. The number of aromatic nitrogens is 4. The van der Waals surface area contributed by atoms with Crippen LogP contribution < -0.4 is 5.32 Å². The van der Waals surface area contributed by atoms with E-state index >= 15 is 0 Å². The lowest BCUT2D eigenvalue weighted by molar-refractivity contribution is -0.385. The monoisotopic (exact) mass is 328 g/mol. The van der Waals surface area contributed by atoms with Crippen LogP contribution in [0.5, 0.6) is 0 Å². The molecule has 3 aromatic rings. The number of hydrogen-bond donors (Lipinski definition) is 1. The maximum absolute atomic E-state index is 12.5. The molecule has 0 saturated heterocycles. The average molecular weight is 328 g/mol. The molecule has 2 heterocycles. The van der Waals surface area contributed by atoms with Crippen LogP contribution in [0.15, 0.2) is 30.5 Å². The molecule has 9 heteroatoms. The highest BCUT2D eigenvalue weighted by molar-refractivity contribution is 6.05. The molecule has 0 fully saturated rings. The maximum Gasteiger partial charge on any atom is 0.320 e. The Balaban J connectivity index is 1.99. The number of benzene rings is 1. The van der Waals surface area contributed by atoms with Crippen molar-refractivity contribution in [2.24, 2.45) is 0 Å². The maximum atomic E-state index is 12.5. The molecule has 0 saturated carbocycles. The Morgan fingerprint density at radius 3 is 2.71 bits per heavy atom. The Bertz CT molecular complexity index is 927. The van der Waals surface area contributed by atoms with Crippen LogP contribution in [0.3, 0.4) is 0 Å². The highest BCUT2D eigenvalue weighted by Crippen LogP contribution is 2.22. The van der Waals surface area contributed by atoms with E-state index in [9.17, 15) is 14.9 Å². The first-order chi connectivity index (χ1) is 11.5.